The number of benzene rings is 2. The van der Waals surface area contributed by atoms with Gasteiger partial charge in [0.05, 0.1) is 12.7 Å². The second kappa shape index (κ2) is 7.70. The smallest absolute Gasteiger partial charge is 0.230 e. The van der Waals surface area contributed by atoms with Crippen molar-refractivity contribution < 1.29 is 9.13 Å². The van der Waals surface area contributed by atoms with E-state index in [0.29, 0.717) is 23.1 Å². The van der Waals surface area contributed by atoms with Gasteiger partial charge in [0.1, 0.15) is 17.9 Å². The van der Waals surface area contributed by atoms with Crippen LogP contribution in [0, 0.1) is 12.7 Å². The fourth-order valence-corrected chi connectivity index (χ4v) is 2.74. The number of anilines is 2. The lowest BCUT2D eigenvalue weighted by Gasteiger charge is -2.12. The predicted molar refractivity (Wildman–Crippen MR) is 104 cm³/mol. The van der Waals surface area contributed by atoms with Crippen molar-refractivity contribution in [2.75, 3.05) is 12.4 Å². The van der Waals surface area contributed by atoms with Crippen molar-refractivity contribution >= 4 is 24.3 Å². The van der Waals surface area contributed by atoms with Gasteiger partial charge in [-0.2, -0.15) is 17.6 Å². The monoisotopic (exact) mass is 370 g/mol. The molecule has 0 radical (unpaired) electrons. The molecule has 0 saturated carbocycles. The van der Waals surface area contributed by atoms with Crippen LogP contribution in [0.3, 0.4) is 0 Å². The molecule has 26 heavy (non-hydrogen) atoms. The Labute approximate surface area is 157 Å². The van der Waals surface area contributed by atoms with Gasteiger partial charge >= 0.3 is 0 Å². The molecule has 0 aliphatic heterocycles. The minimum Gasteiger partial charge on any atom is -0.496 e. The van der Waals surface area contributed by atoms with E-state index < -0.39 is 0 Å². The summed E-state index contributed by atoms with van der Waals surface area (Å²) in [5.41, 5.74) is 3.67. The Morgan fingerprint density at radius 1 is 1.15 bits per heavy atom. The molecule has 3 rings (SSSR count). The minimum absolute atomic E-state index is 0.118. The zero-order chi connectivity index (χ0) is 18.7. The number of thiol groups is 1. The van der Waals surface area contributed by atoms with Crippen LogP contribution in [0.5, 0.6) is 5.75 Å². The number of hydrogen-bond donors (Lipinski definition) is 2. The maximum absolute atomic E-state index is 13.4. The van der Waals surface area contributed by atoms with Gasteiger partial charge < -0.3 is 10.1 Å². The summed E-state index contributed by atoms with van der Waals surface area (Å²) in [5.74, 6) is 0.773. The van der Waals surface area contributed by atoms with Gasteiger partial charge in [0.15, 0.2) is 5.82 Å². The van der Waals surface area contributed by atoms with Gasteiger partial charge in [0.2, 0.25) is 5.95 Å². The number of methoxy groups -OCH3 is 1. The highest BCUT2D eigenvalue weighted by atomic mass is 32.1. The van der Waals surface area contributed by atoms with Crippen LogP contribution in [0.1, 0.15) is 23.3 Å². The molecule has 0 aliphatic carbocycles. The average molecular weight is 370 g/mol. The molecular formula is C19H19FN4OS. The van der Waals surface area contributed by atoms with Crippen LogP contribution in [0.4, 0.5) is 16.0 Å². The molecule has 1 aromatic heterocycles. The standard InChI is InChI=1S/C19H19FN4OS/c1-11-6-13(12(2)26)8-15(7-11)23-19-22-10-21-18(24-19)16-5-4-14(20)9-17(16)25-3/h4-10,12,26H,1-3H3,(H,21,22,23,24). The molecule has 0 spiro atoms. The molecule has 5 nitrogen and oxygen atoms in total. The van der Waals surface area contributed by atoms with Crippen molar-refractivity contribution in [3.8, 4) is 17.1 Å². The van der Waals surface area contributed by atoms with Crippen LogP contribution in [0.2, 0.25) is 0 Å². The van der Waals surface area contributed by atoms with Crippen LogP contribution in [-0.2, 0) is 0 Å². The normalized spacial score (nSPS) is 11.9. The molecule has 3 aromatic rings. The van der Waals surface area contributed by atoms with Crippen molar-refractivity contribution in [3.63, 3.8) is 0 Å². The molecule has 1 N–H and O–H groups in total. The lowest BCUT2D eigenvalue weighted by molar-refractivity contribution is 0.412. The van der Waals surface area contributed by atoms with Crippen LogP contribution in [-0.4, -0.2) is 22.1 Å². The average Bonchev–Trinajstić information content (AvgIpc) is 2.61. The molecule has 0 fully saturated rings. The predicted octanol–water partition coefficient (Wildman–Crippen LogP) is 4.73. The zero-order valence-corrected chi connectivity index (χ0v) is 15.6. The van der Waals surface area contributed by atoms with Crippen molar-refractivity contribution in [1.82, 2.24) is 15.0 Å². The topological polar surface area (TPSA) is 59.9 Å². The highest BCUT2D eigenvalue weighted by Gasteiger charge is 2.12. The molecule has 0 bridgehead atoms. The Morgan fingerprint density at radius 3 is 2.69 bits per heavy atom. The molecular weight excluding hydrogens is 351 g/mol. The highest BCUT2D eigenvalue weighted by molar-refractivity contribution is 7.80. The summed E-state index contributed by atoms with van der Waals surface area (Å²) in [5, 5.41) is 3.31. The molecule has 1 heterocycles. The number of nitrogens with one attached hydrogen (secondary N) is 1. The lowest BCUT2D eigenvalue weighted by atomic mass is 10.1. The summed E-state index contributed by atoms with van der Waals surface area (Å²) >= 11 is 4.49. The third-order valence-corrected chi connectivity index (χ3v) is 4.11. The first kappa shape index (κ1) is 18.1. The number of aryl methyl sites for hydroxylation is 1. The van der Waals surface area contributed by atoms with Crippen LogP contribution in [0.15, 0.2) is 42.7 Å². The number of nitrogens with zero attached hydrogens (tertiary/aromatic N) is 3. The quantitative estimate of drug-likeness (QED) is 0.636. The van der Waals surface area contributed by atoms with E-state index in [1.54, 1.807) is 6.07 Å². The van der Waals surface area contributed by atoms with E-state index in [-0.39, 0.29) is 11.1 Å². The van der Waals surface area contributed by atoms with Gasteiger partial charge in [-0.15, -0.1) is 0 Å². The van der Waals surface area contributed by atoms with E-state index in [4.69, 9.17) is 4.74 Å². The first-order valence-electron chi connectivity index (χ1n) is 8.06. The first-order valence-corrected chi connectivity index (χ1v) is 8.57. The van der Waals surface area contributed by atoms with Crippen molar-refractivity contribution in [2.24, 2.45) is 0 Å². The van der Waals surface area contributed by atoms with E-state index in [1.165, 1.54) is 25.6 Å². The Hall–Kier alpha value is -2.67. The van der Waals surface area contributed by atoms with Gasteiger partial charge in [-0.3, -0.25) is 0 Å². The van der Waals surface area contributed by atoms with Gasteiger partial charge in [0.25, 0.3) is 0 Å². The van der Waals surface area contributed by atoms with E-state index in [9.17, 15) is 4.39 Å². The van der Waals surface area contributed by atoms with Crippen molar-refractivity contribution in [3.05, 3.63) is 59.7 Å². The molecule has 1 unspecified atom stereocenters. The van der Waals surface area contributed by atoms with Crippen LogP contribution < -0.4 is 10.1 Å². The number of hydrogen-bond acceptors (Lipinski definition) is 6. The minimum atomic E-state index is -0.383. The summed E-state index contributed by atoms with van der Waals surface area (Å²) < 4.78 is 18.6. The molecule has 0 amide bonds. The van der Waals surface area contributed by atoms with E-state index in [0.717, 1.165) is 16.8 Å². The maximum atomic E-state index is 13.4. The van der Waals surface area contributed by atoms with E-state index in [1.807, 2.05) is 26.0 Å². The van der Waals surface area contributed by atoms with Gasteiger partial charge in [-0.25, -0.2) is 14.4 Å². The van der Waals surface area contributed by atoms with E-state index in [2.05, 4.69) is 39.0 Å². The number of ether oxygens (including phenoxy) is 1. The summed E-state index contributed by atoms with van der Waals surface area (Å²) in [7, 11) is 1.48. The Bertz CT molecular complexity index is 933. The molecule has 0 saturated heterocycles. The summed E-state index contributed by atoms with van der Waals surface area (Å²) in [6.07, 6.45) is 1.41. The highest BCUT2D eigenvalue weighted by Crippen LogP contribution is 2.29. The second-order valence-corrected chi connectivity index (χ2v) is 6.69. The maximum Gasteiger partial charge on any atom is 0.230 e. The van der Waals surface area contributed by atoms with Crippen LogP contribution in [0.25, 0.3) is 11.4 Å². The van der Waals surface area contributed by atoms with Gasteiger partial charge in [-0.05, 0) is 49.2 Å². The zero-order valence-electron chi connectivity index (χ0n) is 14.7. The van der Waals surface area contributed by atoms with E-state index >= 15 is 0 Å². The fraction of sp³-hybridized carbons (Fsp3) is 0.211. The summed E-state index contributed by atoms with van der Waals surface area (Å²) in [6.45, 7) is 4.04. The third kappa shape index (κ3) is 4.11. The Balaban J connectivity index is 1.94. The third-order valence-electron chi connectivity index (χ3n) is 3.81. The Kier molecular flexibility index (Phi) is 5.37. The fourth-order valence-electron chi connectivity index (χ4n) is 2.59. The van der Waals surface area contributed by atoms with Crippen molar-refractivity contribution in [2.45, 2.75) is 19.1 Å². The number of aromatic nitrogens is 3. The molecule has 134 valence electrons. The molecule has 1 atom stereocenters. The van der Waals surface area contributed by atoms with Gasteiger partial charge in [0, 0.05) is 17.0 Å². The second-order valence-electron chi connectivity index (χ2n) is 5.91. The largest absolute Gasteiger partial charge is 0.496 e. The molecule has 0 aliphatic rings. The summed E-state index contributed by atoms with van der Waals surface area (Å²) in [4.78, 5) is 12.8. The number of halogens is 1. The summed E-state index contributed by atoms with van der Waals surface area (Å²) in [6, 6.07) is 10.3. The van der Waals surface area contributed by atoms with Gasteiger partial charge in [-0.1, -0.05) is 6.07 Å². The lowest BCUT2D eigenvalue weighted by Crippen LogP contribution is -2.02. The Morgan fingerprint density at radius 2 is 1.96 bits per heavy atom. The molecule has 7 heteroatoms. The van der Waals surface area contributed by atoms with Crippen molar-refractivity contribution in [1.29, 1.82) is 0 Å². The number of rotatable bonds is 5. The van der Waals surface area contributed by atoms with Crippen LogP contribution >= 0.6 is 12.6 Å². The first-order chi connectivity index (χ1) is 12.5. The SMILES string of the molecule is COc1cc(F)ccc1-c1ncnc(Nc2cc(C)cc(C(C)S)c2)n1. The molecule has 2 aromatic carbocycles.